The van der Waals surface area contributed by atoms with Crippen molar-refractivity contribution in [3.05, 3.63) is 30.5 Å². The molecule has 1 saturated heterocycles. The third-order valence-electron chi connectivity index (χ3n) is 5.76. The van der Waals surface area contributed by atoms with Crippen LogP contribution in [0.25, 0.3) is 11.4 Å². The Morgan fingerprint density at radius 3 is 2.80 bits per heavy atom. The van der Waals surface area contributed by atoms with Gasteiger partial charge in [0, 0.05) is 31.4 Å². The average molecular weight is 408 g/mol. The molecule has 2 N–H and O–H groups in total. The Bertz CT molecular complexity index is 975. The Labute approximate surface area is 174 Å². The number of anilines is 3. The Balaban J connectivity index is 1.48. The number of carbonyl (C=O) groups is 2. The second-order valence-corrected chi connectivity index (χ2v) is 7.86. The van der Waals surface area contributed by atoms with Crippen LogP contribution in [-0.2, 0) is 9.53 Å². The van der Waals surface area contributed by atoms with E-state index in [9.17, 15) is 9.59 Å². The molecule has 3 aliphatic rings. The van der Waals surface area contributed by atoms with Crippen LogP contribution in [0, 0.1) is 5.92 Å². The van der Waals surface area contributed by atoms with Gasteiger partial charge in [0.05, 0.1) is 19.4 Å². The largest absolute Gasteiger partial charge is 0.377 e. The maximum Gasteiger partial charge on any atom is 0.318 e. The molecule has 3 heterocycles. The van der Waals surface area contributed by atoms with E-state index in [0.29, 0.717) is 37.2 Å². The van der Waals surface area contributed by atoms with Crippen LogP contribution in [-0.4, -0.2) is 61.3 Å². The first-order valence-corrected chi connectivity index (χ1v) is 10.3. The first-order chi connectivity index (χ1) is 14.6. The Kier molecular flexibility index (Phi) is 4.74. The Morgan fingerprint density at radius 1 is 1.27 bits per heavy atom. The van der Waals surface area contributed by atoms with Crippen LogP contribution in [0.3, 0.4) is 0 Å². The van der Waals surface area contributed by atoms with Crippen LogP contribution < -0.4 is 20.4 Å². The van der Waals surface area contributed by atoms with Gasteiger partial charge in [-0.05, 0) is 43.0 Å². The highest BCUT2D eigenvalue weighted by atomic mass is 16.5. The van der Waals surface area contributed by atoms with Gasteiger partial charge in [-0.15, -0.1) is 0 Å². The summed E-state index contributed by atoms with van der Waals surface area (Å²) in [6.45, 7) is 2.31. The van der Waals surface area contributed by atoms with E-state index in [-0.39, 0.29) is 18.0 Å². The highest BCUT2D eigenvalue weighted by molar-refractivity contribution is 6.05. The first-order valence-electron chi connectivity index (χ1n) is 10.3. The highest BCUT2D eigenvalue weighted by Crippen LogP contribution is 2.39. The molecule has 9 nitrogen and oxygen atoms in total. The second kappa shape index (κ2) is 7.56. The quantitative estimate of drug-likeness (QED) is 0.801. The van der Waals surface area contributed by atoms with Gasteiger partial charge in [-0.3, -0.25) is 4.79 Å². The minimum absolute atomic E-state index is 0.0788. The average Bonchev–Trinajstić information content (AvgIpc) is 3.61. The van der Waals surface area contributed by atoms with Gasteiger partial charge in [-0.25, -0.2) is 14.8 Å². The summed E-state index contributed by atoms with van der Waals surface area (Å²) < 4.78 is 5.59. The maximum absolute atomic E-state index is 13.1. The number of nitrogens with one attached hydrogen (secondary N) is 2. The Hall–Kier alpha value is -3.20. The molecule has 1 aromatic heterocycles. The first kappa shape index (κ1) is 18.8. The van der Waals surface area contributed by atoms with E-state index < -0.39 is 0 Å². The summed E-state index contributed by atoms with van der Waals surface area (Å²) in [6.07, 6.45) is 4.10. The fraction of sp³-hybridized carbons (Fsp3) is 0.429. The van der Waals surface area contributed by atoms with E-state index in [0.717, 1.165) is 23.6 Å². The monoisotopic (exact) mass is 408 g/mol. The number of aromatic nitrogens is 2. The number of nitrogens with zero attached hydrogens (tertiary/aromatic N) is 4. The third kappa shape index (κ3) is 3.45. The van der Waals surface area contributed by atoms with Crippen molar-refractivity contribution < 1.29 is 14.3 Å². The standard InChI is InChI=1S/C21H24N6O3/c1-22-21(29)24-15-6-4-14(5-7-15)18-23-10-16-19(25-18)26-8-9-30-12-17(26)20(28)27(16)11-13-2-3-13/h4-7,10,13,17H,2-3,8-9,11-12H2,1H3,(H2,22,24,29). The molecule has 2 aliphatic heterocycles. The number of hydrogen-bond donors (Lipinski definition) is 2. The van der Waals surface area contributed by atoms with Crippen molar-refractivity contribution in [2.75, 3.05) is 48.5 Å². The molecule has 1 unspecified atom stereocenters. The van der Waals surface area contributed by atoms with Crippen molar-refractivity contribution in [3.63, 3.8) is 0 Å². The van der Waals surface area contributed by atoms with Gasteiger partial charge in [0.25, 0.3) is 5.91 Å². The van der Waals surface area contributed by atoms with Crippen LogP contribution in [0.15, 0.2) is 30.5 Å². The van der Waals surface area contributed by atoms with Crippen molar-refractivity contribution in [2.24, 2.45) is 5.92 Å². The van der Waals surface area contributed by atoms with Gasteiger partial charge in [-0.2, -0.15) is 0 Å². The maximum atomic E-state index is 13.1. The van der Waals surface area contributed by atoms with Crippen LogP contribution in [0.5, 0.6) is 0 Å². The zero-order chi connectivity index (χ0) is 20.7. The smallest absolute Gasteiger partial charge is 0.318 e. The summed E-state index contributed by atoms with van der Waals surface area (Å²) >= 11 is 0. The molecule has 0 spiro atoms. The molecular formula is C21H24N6O3. The number of amides is 3. The number of benzene rings is 1. The molecule has 0 bridgehead atoms. The van der Waals surface area contributed by atoms with E-state index >= 15 is 0 Å². The van der Waals surface area contributed by atoms with E-state index in [4.69, 9.17) is 9.72 Å². The molecular weight excluding hydrogens is 384 g/mol. The highest BCUT2D eigenvalue weighted by Gasteiger charge is 2.43. The van der Waals surface area contributed by atoms with E-state index in [1.54, 1.807) is 13.2 Å². The fourth-order valence-corrected chi connectivity index (χ4v) is 3.91. The van der Waals surface area contributed by atoms with Gasteiger partial charge in [0.2, 0.25) is 0 Å². The van der Waals surface area contributed by atoms with Crippen LogP contribution in [0.1, 0.15) is 12.8 Å². The third-order valence-corrected chi connectivity index (χ3v) is 5.76. The van der Waals surface area contributed by atoms with Crippen molar-refractivity contribution in [2.45, 2.75) is 18.9 Å². The molecule has 156 valence electrons. The van der Waals surface area contributed by atoms with Crippen LogP contribution in [0.4, 0.5) is 22.0 Å². The molecule has 9 heteroatoms. The lowest BCUT2D eigenvalue weighted by Crippen LogP contribution is -2.59. The normalized spacial score (nSPS) is 20.4. The van der Waals surface area contributed by atoms with Crippen molar-refractivity contribution in [1.29, 1.82) is 0 Å². The van der Waals surface area contributed by atoms with E-state index in [2.05, 4.69) is 20.5 Å². The fourth-order valence-electron chi connectivity index (χ4n) is 3.91. The summed E-state index contributed by atoms with van der Waals surface area (Å²) in [5.41, 5.74) is 2.31. The van der Waals surface area contributed by atoms with Gasteiger partial charge in [-0.1, -0.05) is 0 Å². The van der Waals surface area contributed by atoms with Gasteiger partial charge < -0.3 is 25.2 Å². The predicted octanol–water partition coefficient (Wildman–Crippen LogP) is 1.86. The molecule has 1 atom stereocenters. The molecule has 0 radical (unpaired) electrons. The summed E-state index contributed by atoms with van der Waals surface area (Å²) in [5.74, 6) is 2.03. The number of fused-ring (bicyclic) bond motifs is 3. The lowest BCUT2D eigenvalue weighted by Gasteiger charge is -2.44. The predicted molar refractivity (Wildman–Crippen MR) is 113 cm³/mol. The van der Waals surface area contributed by atoms with Crippen molar-refractivity contribution >= 4 is 29.1 Å². The molecule has 3 amide bonds. The van der Waals surface area contributed by atoms with Crippen molar-refractivity contribution in [3.8, 4) is 11.4 Å². The molecule has 1 aromatic carbocycles. The number of urea groups is 1. The SMILES string of the molecule is CNC(=O)Nc1ccc(-c2ncc3c(n2)N2CCOCC2C(=O)N3CC2CC2)cc1. The topological polar surface area (TPSA) is 99.7 Å². The molecule has 1 aliphatic carbocycles. The summed E-state index contributed by atoms with van der Waals surface area (Å²) in [4.78, 5) is 37.9. The van der Waals surface area contributed by atoms with Crippen LogP contribution >= 0.6 is 0 Å². The molecule has 1 saturated carbocycles. The van der Waals surface area contributed by atoms with E-state index in [1.165, 1.54) is 12.8 Å². The second-order valence-electron chi connectivity index (χ2n) is 7.86. The van der Waals surface area contributed by atoms with Crippen molar-refractivity contribution in [1.82, 2.24) is 15.3 Å². The lowest BCUT2D eigenvalue weighted by atomic mass is 10.1. The van der Waals surface area contributed by atoms with E-state index in [1.807, 2.05) is 29.2 Å². The molecule has 5 rings (SSSR count). The number of hydrogen-bond acceptors (Lipinski definition) is 6. The number of morpholine rings is 1. The Morgan fingerprint density at radius 2 is 2.07 bits per heavy atom. The number of ether oxygens (including phenoxy) is 1. The molecule has 30 heavy (non-hydrogen) atoms. The molecule has 2 aromatic rings. The minimum Gasteiger partial charge on any atom is -0.377 e. The van der Waals surface area contributed by atoms with Gasteiger partial charge >= 0.3 is 6.03 Å². The van der Waals surface area contributed by atoms with Gasteiger partial charge in [0.1, 0.15) is 11.7 Å². The minimum atomic E-state index is -0.327. The van der Waals surface area contributed by atoms with Gasteiger partial charge in [0.15, 0.2) is 11.6 Å². The zero-order valence-electron chi connectivity index (χ0n) is 16.8. The summed E-state index contributed by atoms with van der Waals surface area (Å²) in [5, 5.41) is 5.26. The lowest BCUT2D eigenvalue weighted by molar-refractivity contribution is -0.122. The zero-order valence-corrected chi connectivity index (χ0v) is 16.8. The summed E-state index contributed by atoms with van der Waals surface area (Å²) in [6, 6.07) is 6.78. The number of carbonyl (C=O) groups excluding carboxylic acids is 2. The summed E-state index contributed by atoms with van der Waals surface area (Å²) in [7, 11) is 1.57. The number of rotatable bonds is 4. The van der Waals surface area contributed by atoms with Crippen LogP contribution in [0.2, 0.25) is 0 Å². The molecule has 2 fully saturated rings.